The van der Waals surface area contributed by atoms with E-state index in [1.165, 1.54) is 18.2 Å². The van der Waals surface area contributed by atoms with Gasteiger partial charge >= 0.3 is 5.63 Å². The van der Waals surface area contributed by atoms with E-state index in [1.807, 2.05) is 0 Å². The van der Waals surface area contributed by atoms with Gasteiger partial charge in [0.1, 0.15) is 17.1 Å². The van der Waals surface area contributed by atoms with Gasteiger partial charge < -0.3 is 14.8 Å². The van der Waals surface area contributed by atoms with E-state index >= 15 is 0 Å². The van der Waals surface area contributed by atoms with Crippen molar-refractivity contribution in [2.45, 2.75) is 19.8 Å². The second kappa shape index (κ2) is 7.39. The van der Waals surface area contributed by atoms with Gasteiger partial charge in [-0.2, -0.15) is 0 Å². The maximum Gasteiger partial charge on any atom is 0.340 e. The number of aryl methyl sites for hydroxylation is 1. The van der Waals surface area contributed by atoms with Gasteiger partial charge in [0.2, 0.25) is 5.91 Å². The topological polar surface area (TPSA) is 79.5 Å². The average molecular weight is 355 g/mol. The van der Waals surface area contributed by atoms with Crippen molar-refractivity contribution in [2.24, 2.45) is 0 Å². The molecule has 0 radical (unpaired) electrons. The molecule has 1 aromatic heterocycles. The Bertz CT molecular complexity index is 1030. The summed E-state index contributed by atoms with van der Waals surface area (Å²) >= 11 is 0. The smallest absolute Gasteiger partial charge is 0.340 e. The lowest BCUT2D eigenvalue weighted by Crippen LogP contribution is -2.29. The third-order valence-electron chi connectivity index (χ3n) is 4.28. The maximum atomic E-state index is 13.6. The molecule has 3 rings (SSSR count). The molecule has 6 heteroatoms. The van der Waals surface area contributed by atoms with Crippen LogP contribution in [0.5, 0.6) is 5.75 Å². The number of phenols is 1. The Hall–Kier alpha value is -3.15. The number of phenolic OH excluding ortho intramolecular Hbond substituents is 1. The molecule has 5 nitrogen and oxygen atoms in total. The zero-order valence-electron chi connectivity index (χ0n) is 14.2. The molecule has 1 heterocycles. The highest BCUT2D eigenvalue weighted by Crippen LogP contribution is 2.23. The zero-order chi connectivity index (χ0) is 18.7. The van der Waals surface area contributed by atoms with Crippen LogP contribution in [-0.2, 0) is 17.6 Å². The quantitative estimate of drug-likeness (QED) is 0.690. The van der Waals surface area contributed by atoms with Gasteiger partial charge in [-0.3, -0.25) is 4.79 Å². The van der Waals surface area contributed by atoms with Crippen molar-refractivity contribution in [1.82, 2.24) is 5.32 Å². The Balaban J connectivity index is 1.70. The highest BCUT2D eigenvalue weighted by atomic mass is 19.1. The zero-order valence-corrected chi connectivity index (χ0v) is 14.2. The van der Waals surface area contributed by atoms with Crippen molar-refractivity contribution in [1.29, 1.82) is 0 Å². The fourth-order valence-electron chi connectivity index (χ4n) is 2.85. The SMILES string of the molecule is Cc1c(CC(=O)NCCc2ccccc2F)c(=O)oc2cc(O)ccc12. The summed E-state index contributed by atoms with van der Waals surface area (Å²) in [5, 5.41) is 12.8. The lowest BCUT2D eigenvalue weighted by atomic mass is 10.0. The van der Waals surface area contributed by atoms with Gasteiger partial charge in [0.15, 0.2) is 0 Å². The summed E-state index contributed by atoms with van der Waals surface area (Å²) in [7, 11) is 0. The van der Waals surface area contributed by atoms with Gasteiger partial charge in [-0.1, -0.05) is 18.2 Å². The molecular weight excluding hydrogens is 337 g/mol. The number of nitrogens with one attached hydrogen (secondary N) is 1. The van der Waals surface area contributed by atoms with Crippen LogP contribution in [0, 0.1) is 12.7 Å². The highest BCUT2D eigenvalue weighted by Gasteiger charge is 2.15. The maximum absolute atomic E-state index is 13.6. The largest absolute Gasteiger partial charge is 0.508 e. The normalized spacial score (nSPS) is 10.8. The molecule has 0 aliphatic rings. The summed E-state index contributed by atoms with van der Waals surface area (Å²) < 4.78 is 18.8. The predicted molar refractivity (Wildman–Crippen MR) is 95.7 cm³/mol. The van der Waals surface area contributed by atoms with E-state index in [0.29, 0.717) is 22.9 Å². The lowest BCUT2D eigenvalue weighted by molar-refractivity contribution is -0.120. The summed E-state index contributed by atoms with van der Waals surface area (Å²) in [4.78, 5) is 24.3. The highest BCUT2D eigenvalue weighted by molar-refractivity contribution is 5.85. The van der Waals surface area contributed by atoms with Crippen LogP contribution in [0.4, 0.5) is 4.39 Å². The second-order valence-electron chi connectivity index (χ2n) is 6.04. The molecule has 2 N–H and O–H groups in total. The number of rotatable bonds is 5. The summed E-state index contributed by atoms with van der Waals surface area (Å²) in [6.45, 7) is 2.00. The number of amides is 1. The molecule has 134 valence electrons. The van der Waals surface area contributed by atoms with Crippen molar-refractivity contribution in [3.63, 3.8) is 0 Å². The number of benzene rings is 2. The predicted octanol–water partition coefficient (Wildman–Crippen LogP) is 2.85. The van der Waals surface area contributed by atoms with Crippen LogP contribution in [0.3, 0.4) is 0 Å². The summed E-state index contributed by atoms with van der Waals surface area (Å²) in [6.07, 6.45) is 0.241. The molecule has 3 aromatic rings. The molecular formula is C20H18FNO4. The first-order valence-electron chi connectivity index (χ1n) is 8.21. The number of fused-ring (bicyclic) bond motifs is 1. The van der Waals surface area contributed by atoms with Gasteiger partial charge in [-0.05, 0) is 42.7 Å². The van der Waals surface area contributed by atoms with E-state index in [2.05, 4.69) is 5.32 Å². The minimum absolute atomic E-state index is 0.00122. The monoisotopic (exact) mass is 355 g/mol. The van der Waals surface area contributed by atoms with Gasteiger partial charge in [0.25, 0.3) is 0 Å². The number of carbonyl (C=O) groups is 1. The molecule has 26 heavy (non-hydrogen) atoms. The van der Waals surface area contributed by atoms with Gasteiger partial charge in [-0.15, -0.1) is 0 Å². The van der Waals surface area contributed by atoms with Gasteiger partial charge in [0, 0.05) is 18.0 Å². The first-order chi connectivity index (χ1) is 12.5. The number of hydrogen-bond acceptors (Lipinski definition) is 4. The summed E-state index contributed by atoms with van der Waals surface area (Å²) in [5.41, 5.74) is 1.10. The Kier molecular flexibility index (Phi) is 5.02. The van der Waals surface area contributed by atoms with Crippen LogP contribution in [0.25, 0.3) is 11.0 Å². The van der Waals surface area contributed by atoms with Gasteiger partial charge in [-0.25, -0.2) is 9.18 Å². The van der Waals surface area contributed by atoms with Crippen molar-refractivity contribution >= 4 is 16.9 Å². The van der Waals surface area contributed by atoms with Gasteiger partial charge in [0.05, 0.1) is 12.0 Å². The lowest BCUT2D eigenvalue weighted by Gasteiger charge is -2.09. The van der Waals surface area contributed by atoms with Crippen LogP contribution in [0.1, 0.15) is 16.7 Å². The van der Waals surface area contributed by atoms with Crippen LogP contribution in [0.15, 0.2) is 51.7 Å². The van der Waals surface area contributed by atoms with Crippen molar-refractivity contribution in [2.75, 3.05) is 6.54 Å². The van der Waals surface area contributed by atoms with Crippen LogP contribution in [-0.4, -0.2) is 17.6 Å². The number of aromatic hydroxyl groups is 1. The minimum Gasteiger partial charge on any atom is -0.508 e. The van der Waals surface area contributed by atoms with Crippen LogP contribution in [0.2, 0.25) is 0 Å². The molecule has 0 aliphatic carbocycles. The third kappa shape index (κ3) is 3.74. The van der Waals surface area contributed by atoms with E-state index in [4.69, 9.17) is 4.42 Å². The Morgan fingerprint density at radius 1 is 1.23 bits per heavy atom. The van der Waals surface area contributed by atoms with E-state index in [9.17, 15) is 19.1 Å². The Morgan fingerprint density at radius 3 is 2.77 bits per heavy atom. The Morgan fingerprint density at radius 2 is 2.00 bits per heavy atom. The molecule has 0 aliphatic heterocycles. The number of hydrogen-bond donors (Lipinski definition) is 2. The van der Waals surface area contributed by atoms with Crippen LogP contribution >= 0.6 is 0 Å². The molecule has 0 fully saturated rings. The third-order valence-corrected chi connectivity index (χ3v) is 4.28. The molecule has 0 atom stereocenters. The minimum atomic E-state index is -0.607. The standard InChI is InChI=1S/C20H18FNO4/c1-12-15-7-6-14(23)10-18(15)26-20(25)16(12)11-19(24)22-9-8-13-4-2-3-5-17(13)21/h2-7,10,23H,8-9,11H2,1H3,(H,22,24). The fraction of sp³-hybridized carbons (Fsp3) is 0.200. The first-order valence-corrected chi connectivity index (χ1v) is 8.21. The van der Waals surface area contributed by atoms with E-state index < -0.39 is 5.63 Å². The van der Waals surface area contributed by atoms with Crippen molar-refractivity contribution in [3.05, 3.63) is 75.4 Å². The molecule has 0 spiro atoms. The molecule has 0 unspecified atom stereocenters. The average Bonchev–Trinajstić information content (AvgIpc) is 2.60. The molecule has 0 saturated heterocycles. The second-order valence-corrected chi connectivity index (χ2v) is 6.04. The Labute approximate surface area is 149 Å². The number of carbonyl (C=O) groups excluding carboxylic acids is 1. The number of halogens is 1. The molecule has 0 saturated carbocycles. The fourth-order valence-corrected chi connectivity index (χ4v) is 2.85. The summed E-state index contributed by atoms with van der Waals surface area (Å²) in [5.74, 6) is -0.649. The first kappa shape index (κ1) is 17.7. The van der Waals surface area contributed by atoms with E-state index in [-0.39, 0.29) is 41.6 Å². The van der Waals surface area contributed by atoms with Crippen molar-refractivity contribution < 1.29 is 18.7 Å². The van der Waals surface area contributed by atoms with E-state index in [1.54, 1.807) is 31.2 Å². The van der Waals surface area contributed by atoms with Crippen LogP contribution < -0.4 is 10.9 Å². The summed E-state index contributed by atoms with van der Waals surface area (Å²) in [6, 6.07) is 10.9. The molecule has 2 aromatic carbocycles. The van der Waals surface area contributed by atoms with Crippen molar-refractivity contribution in [3.8, 4) is 5.75 Å². The molecule has 0 bridgehead atoms. The van der Waals surface area contributed by atoms with E-state index in [0.717, 1.165) is 0 Å². The molecule has 1 amide bonds.